The minimum Gasteiger partial charge on any atom is -0.345 e. The lowest BCUT2D eigenvalue weighted by atomic mass is 10.1. The zero-order valence-corrected chi connectivity index (χ0v) is 13.4. The number of aromatic amines is 1. The number of aromatic nitrogens is 2. The van der Waals surface area contributed by atoms with E-state index in [4.69, 9.17) is 0 Å². The van der Waals surface area contributed by atoms with Crippen molar-refractivity contribution < 1.29 is 0 Å². The zero-order valence-electron chi connectivity index (χ0n) is 13.4. The second-order valence-electron chi connectivity index (χ2n) is 6.20. The minimum absolute atomic E-state index is 0.836. The van der Waals surface area contributed by atoms with Gasteiger partial charge in [-0.15, -0.1) is 0 Å². The molecule has 0 bridgehead atoms. The van der Waals surface area contributed by atoms with Crippen LogP contribution in [-0.2, 0) is 13.0 Å². The summed E-state index contributed by atoms with van der Waals surface area (Å²) < 4.78 is 0. The topological polar surface area (TPSA) is 35.2 Å². The maximum atomic E-state index is 4.47. The lowest BCUT2D eigenvalue weighted by Gasteiger charge is -2.20. The Kier molecular flexibility index (Phi) is 6.05. The monoisotopic (exact) mass is 278 g/mol. The van der Waals surface area contributed by atoms with Gasteiger partial charge in [-0.25, -0.2) is 4.98 Å². The van der Waals surface area contributed by atoms with Crippen molar-refractivity contribution in [2.24, 2.45) is 5.92 Å². The van der Waals surface area contributed by atoms with E-state index in [1.165, 1.54) is 51.1 Å². The van der Waals surface area contributed by atoms with Gasteiger partial charge >= 0.3 is 0 Å². The van der Waals surface area contributed by atoms with Gasteiger partial charge in [0.05, 0.1) is 0 Å². The van der Waals surface area contributed by atoms with Crippen LogP contribution in [0.2, 0.25) is 0 Å². The molecule has 1 N–H and O–H groups in total. The summed E-state index contributed by atoms with van der Waals surface area (Å²) in [5.74, 6) is 1.98. The Morgan fingerprint density at radius 1 is 1.45 bits per heavy atom. The number of aryl methyl sites for hydroxylation is 1. The summed E-state index contributed by atoms with van der Waals surface area (Å²) in [6, 6.07) is 0. The number of rotatable bonds is 8. The van der Waals surface area contributed by atoms with Crippen LogP contribution < -0.4 is 0 Å². The maximum Gasteiger partial charge on any atom is 0.106 e. The molecule has 1 fully saturated rings. The standard InChI is InChI=1S/C16H30N4/c1-4-6-7-16-17-10-15(18-16)13-19(3)11-14-8-9-20(5-2)12-14/h10,14H,4-9,11-13H2,1-3H3,(H,17,18)/t14-/m1/s1. The molecule has 1 saturated heterocycles. The zero-order chi connectivity index (χ0) is 14.4. The van der Waals surface area contributed by atoms with E-state index in [0.717, 1.165) is 24.7 Å². The molecule has 0 aliphatic carbocycles. The fraction of sp³-hybridized carbons (Fsp3) is 0.812. The van der Waals surface area contributed by atoms with Crippen LogP contribution in [0.1, 0.15) is 44.6 Å². The molecule has 4 nitrogen and oxygen atoms in total. The molecular formula is C16H30N4. The molecule has 114 valence electrons. The van der Waals surface area contributed by atoms with Crippen LogP contribution in [0.4, 0.5) is 0 Å². The van der Waals surface area contributed by atoms with Gasteiger partial charge in [0, 0.05) is 37.9 Å². The second kappa shape index (κ2) is 7.79. The van der Waals surface area contributed by atoms with Crippen LogP contribution in [0.5, 0.6) is 0 Å². The molecule has 1 atom stereocenters. The highest BCUT2D eigenvalue weighted by Crippen LogP contribution is 2.17. The van der Waals surface area contributed by atoms with Crippen molar-refractivity contribution >= 4 is 0 Å². The Labute approximate surface area is 123 Å². The SMILES string of the molecule is CCCCc1ncc(CN(C)C[C@H]2CCN(CC)C2)[nH]1. The molecule has 1 aromatic rings. The van der Waals surface area contributed by atoms with Crippen molar-refractivity contribution in [2.75, 3.05) is 33.2 Å². The van der Waals surface area contributed by atoms with E-state index < -0.39 is 0 Å². The second-order valence-corrected chi connectivity index (χ2v) is 6.20. The first-order valence-electron chi connectivity index (χ1n) is 8.14. The van der Waals surface area contributed by atoms with Gasteiger partial charge in [-0.2, -0.15) is 0 Å². The normalized spacial score (nSPS) is 20.1. The Bertz CT molecular complexity index is 388. The largest absolute Gasteiger partial charge is 0.345 e. The predicted octanol–water partition coefficient (Wildman–Crippen LogP) is 2.53. The molecule has 2 rings (SSSR count). The highest BCUT2D eigenvalue weighted by molar-refractivity contribution is 5.01. The van der Waals surface area contributed by atoms with Crippen molar-refractivity contribution in [3.63, 3.8) is 0 Å². The van der Waals surface area contributed by atoms with Gasteiger partial charge in [0.2, 0.25) is 0 Å². The summed E-state index contributed by atoms with van der Waals surface area (Å²) in [4.78, 5) is 12.9. The van der Waals surface area contributed by atoms with Gasteiger partial charge in [0.25, 0.3) is 0 Å². The lowest BCUT2D eigenvalue weighted by Crippen LogP contribution is -2.28. The number of unbranched alkanes of at least 4 members (excludes halogenated alkanes) is 1. The number of likely N-dealkylation sites (tertiary alicyclic amines) is 1. The molecule has 1 aliphatic rings. The summed E-state index contributed by atoms with van der Waals surface area (Å²) in [6.45, 7) is 10.4. The number of nitrogens with zero attached hydrogens (tertiary/aromatic N) is 3. The molecule has 2 heterocycles. The summed E-state index contributed by atoms with van der Waals surface area (Å²) in [5, 5.41) is 0. The van der Waals surface area contributed by atoms with Crippen molar-refractivity contribution in [3.05, 3.63) is 17.7 Å². The van der Waals surface area contributed by atoms with Gasteiger partial charge < -0.3 is 14.8 Å². The van der Waals surface area contributed by atoms with E-state index in [0.29, 0.717) is 0 Å². The van der Waals surface area contributed by atoms with E-state index in [9.17, 15) is 0 Å². The smallest absolute Gasteiger partial charge is 0.106 e. The molecule has 0 amide bonds. The van der Waals surface area contributed by atoms with Gasteiger partial charge in [-0.05, 0) is 38.9 Å². The molecule has 0 unspecified atom stereocenters. The van der Waals surface area contributed by atoms with Crippen molar-refractivity contribution in [2.45, 2.75) is 46.1 Å². The fourth-order valence-corrected chi connectivity index (χ4v) is 3.10. The highest BCUT2D eigenvalue weighted by atomic mass is 15.2. The average Bonchev–Trinajstić information content (AvgIpc) is 3.05. The molecule has 0 saturated carbocycles. The van der Waals surface area contributed by atoms with E-state index in [1.54, 1.807) is 0 Å². The molecular weight excluding hydrogens is 248 g/mol. The maximum absolute atomic E-state index is 4.47. The molecule has 1 aromatic heterocycles. The Balaban J connectivity index is 1.73. The first kappa shape index (κ1) is 15.5. The van der Waals surface area contributed by atoms with Crippen LogP contribution in [0.15, 0.2) is 6.20 Å². The van der Waals surface area contributed by atoms with Crippen LogP contribution in [-0.4, -0.2) is 53.0 Å². The summed E-state index contributed by atoms with van der Waals surface area (Å²) in [7, 11) is 2.22. The number of imidazole rings is 1. The summed E-state index contributed by atoms with van der Waals surface area (Å²) >= 11 is 0. The molecule has 0 spiro atoms. The number of nitrogens with one attached hydrogen (secondary N) is 1. The van der Waals surface area contributed by atoms with Crippen LogP contribution in [0.3, 0.4) is 0 Å². The molecule has 1 aliphatic heterocycles. The highest BCUT2D eigenvalue weighted by Gasteiger charge is 2.22. The van der Waals surface area contributed by atoms with Gasteiger partial charge in [-0.1, -0.05) is 20.3 Å². The van der Waals surface area contributed by atoms with Crippen molar-refractivity contribution in [3.8, 4) is 0 Å². The van der Waals surface area contributed by atoms with Gasteiger partial charge in [-0.3, -0.25) is 0 Å². The third-order valence-electron chi connectivity index (χ3n) is 4.28. The Hall–Kier alpha value is -0.870. The molecule has 0 aromatic carbocycles. The summed E-state index contributed by atoms with van der Waals surface area (Å²) in [5.41, 5.74) is 1.25. The van der Waals surface area contributed by atoms with Crippen molar-refractivity contribution in [1.82, 2.24) is 19.8 Å². The Morgan fingerprint density at radius 3 is 3.00 bits per heavy atom. The summed E-state index contributed by atoms with van der Waals surface area (Å²) in [6.07, 6.45) is 6.88. The van der Waals surface area contributed by atoms with E-state index >= 15 is 0 Å². The van der Waals surface area contributed by atoms with Gasteiger partial charge in [0.1, 0.15) is 5.82 Å². The molecule has 0 radical (unpaired) electrons. The average molecular weight is 278 g/mol. The molecule has 4 heteroatoms. The molecule has 20 heavy (non-hydrogen) atoms. The van der Waals surface area contributed by atoms with Crippen LogP contribution >= 0.6 is 0 Å². The lowest BCUT2D eigenvalue weighted by molar-refractivity contribution is 0.258. The minimum atomic E-state index is 0.836. The van der Waals surface area contributed by atoms with Crippen LogP contribution in [0.25, 0.3) is 0 Å². The van der Waals surface area contributed by atoms with E-state index in [1.807, 2.05) is 6.20 Å². The quantitative estimate of drug-likeness (QED) is 0.793. The number of H-pyrrole nitrogens is 1. The fourth-order valence-electron chi connectivity index (χ4n) is 3.10. The Morgan fingerprint density at radius 2 is 2.30 bits per heavy atom. The van der Waals surface area contributed by atoms with E-state index in [-0.39, 0.29) is 0 Å². The van der Waals surface area contributed by atoms with Crippen molar-refractivity contribution in [1.29, 1.82) is 0 Å². The van der Waals surface area contributed by atoms with Gasteiger partial charge in [0.15, 0.2) is 0 Å². The van der Waals surface area contributed by atoms with E-state index in [2.05, 4.69) is 40.7 Å². The first-order valence-corrected chi connectivity index (χ1v) is 8.14. The first-order chi connectivity index (χ1) is 9.71. The third kappa shape index (κ3) is 4.60. The van der Waals surface area contributed by atoms with Crippen LogP contribution in [0, 0.1) is 5.92 Å². The number of hydrogen-bond donors (Lipinski definition) is 1. The predicted molar refractivity (Wildman–Crippen MR) is 83.8 cm³/mol. The number of hydrogen-bond acceptors (Lipinski definition) is 3. The third-order valence-corrected chi connectivity index (χ3v) is 4.28.